The van der Waals surface area contributed by atoms with Crippen LogP contribution >= 0.6 is 0 Å². The first-order chi connectivity index (χ1) is 13.7. The normalized spacial score (nSPS) is 12.5. The number of sulfonamides is 1. The van der Waals surface area contributed by atoms with Crippen LogP contribution in [-0.2, 0) is 10.0 Å². The minimum absolute atomic E-state index is 0.0536. The van der Waals surface area contributed by atoms with Crippen LogP contribution in [-0.4, -0.2) is 27.5 Å². The van der Waals surface area contributed by atoms with E-state index in [1.165, 1.54) is 31.4 Å². The van der Waals surface area contributed by atoms with Crippen molar-refractivity contribution in [3.63, 3.8) is 0 Å². The summed E-state index contributed by atoms with van der Waals surface area (Å²) in [6, 6.07) is 11.2. The smallest absolute Gasteiger partial charge is 0.266 e. The van der Waals surface area contributed by atoms with Gasteiger partial charge in [-0.3, -0.25) is 10.2 Å². The molecule has 2 aromatic carbocycles. The molecule has 0 aliphatic rings. The number of carbonyl (C=O) groups is 1. The van der Waals surface area contributed by atoms with E-state index in [4.69, 9.17) is 9.47 Å². The summed E-state index contributed by atoms with van der Waals surface area (Å²) in [6.07, 6.45) is 0.910. The lowest BCUT2D eigenvalue weighted by atomic mass is 9.99. The SMILES string of the molecule is CC[C@H](C)c1ccc(S(=O)(=O)NNC(=O)c2ccc(OC(C)C)c(OC)c2)cc1. The first kappa shape index (κ1) is 22.7. The Hall–Kier alpha value is -2.58. The Labute approximate surface area is 172 Å². The summed E-state index contributed by atoms with van der Waals surface area (Å²) in [7, 11) is -2.42. The number of benzene rings is 2. The lowest BCUT2D eigenvalue weighted by molar-refractivity contribution is 0.0944. The molecule has 0 aliphatic carbocycles. The molecule has 0 saturated heterocycles. The van der Waals surface area contributed by atoms with E-state index in [9.17, 15) is 13.2 Å². The van der Waals surface area contributed by atoms with Gasteiger partial charge in [-0.15, -0.1) is 4.83 Å². The van der Waals surface area contributed by atoms with Crippen LogP contribution in [0.5, 0.6) is 11.5 Å². The van der Waals surface area contributed by atoms with E-state index in [1.54, 1.807) is 18.2 Å². The Kier molecular flexibility index (Phi) is 7.64. The van der Waals surface area contributed by atoms with Gasteiger partial charge in [-0.2, -0.15) is 0 Å². The molecule has 0 bridgehead atoms. The Morgan fingerprint density at radius 2 is 1.69 bits per heavy atom. The molecular weight excluding hydrogens is 392 g/mol. The zero-order valence-electron chi connectivity index (χ0n) is 17.4. The van der Waals surface area contributed by atoms with Crippen molar-refractivity contribution in [3.05, 3.63) is 53.6 Å². The van der Waals surface area contributed by atoms with Gasteiger partial charge in [0.1, 0.15) is 0 Å². The number of rotatable bonds is 9. The van der Waals surface area contributed by atoms with Crippen molar-refractivity contribution in [2.24, 2.45) is 0 Å². The van der Waals surface area contributed by atoms with E-state index in [-0.39, 0.29) is 16.6 Å². The van der Waals surface area contributed by atoms with Gasteiger partial charge in [-0.05, 0) is 62.1 Å². The van der Waals surface area contributed by atoms with E-state index in [2.05, 4.69) is 24.1 Å². The highest BCUT2D eigenvalue weighted by atomic mass is 32.2. The third-order valence-corrected chi connectivity index (χ3v) is 5.72. The fraction of sp³-hybridized carbons (Fsp3) is 0.381. The maximum Gasteiger partial charge on any atom is 0.266 e. The molecule has 0 aliphatic heterocycles. The molecular formula is C21H28N2O5S. The van der Waals surface area contributed by atoms with Crippen LogP contribution in [0, 0.1) is 0 Å². The number of methoxy groups -OCH3 is 1. The Morgan fingerprint density at radius 1 is 1.03 bits per heavy atom. The molecule has 29 heavy (non-hydrogen) atoms. The first-order valence-corrected chi connectivity index (χ1v) is 10.9. The van der Waals surface area contributed by atoms with Crippen LogP contribution < -0.4 is 19.7 Å². The predicted octanol–water partition coefficient (Wildman–Crippen LogP) is 3.62. The van der Waals surface area contributed by atoms with E-state index in [0.717, 1.165) is 12.0 Å². The molecule has 0 radical (unpaired) electrons. The quantitative estimate of drug-likeness (QED) is 0.605. The van der Waals surface area contributed by atoms with Gasteiger partial charge in [-0.25, -0.2) is 8.42 Å². The summed E-state index contributed by atoms with van der Waals surface area (Å²) >= 11 is 0. The lowest BCUT2D eigenvalue weighted by Gasteiger charge is -2.15. The summed E-state index contributed by atoms with van der Waals surface area (Å²) in [4.78, 5) is 14.6. The molecule has 0 spiro atoms. The lowest BCUT2D eigenvalue weighted by Crippen LogP contribution is -2.41. The highest BCUT2D eigenvalue weighted by Crippen LogP contribution is 2.29. The van der Waals surface area contributed by atoms with Crippen LogP contribution in [0.1, 0.15) is 56.0 Å². The number of hydrazine groups is 1. The molecule has 1 atom stereocenters. The molecule has 8 heteroatoms. The van der Waals surface area contributed by atoms with E-state index in [1.807, 2.05) is 13.8 Å². The van der Waals surface area contributed by atoms with Crippen LogP contribution in [0.2, 0.25) is 0 Å². The number of hydrogen-bond acceptors (Lipinski definition) is 5. The molecule has 158 valence electrons. The molecule has 7 nitrogen and oxygen atoms in total. The molecule has 2 N–H and O–H groups in total. The molecule has 0 aromatic heterocycles. The van der Waals surface area contributed by atoms with Gasteiger partial charge in [-0.1, -0.05) is 26.0 Å². The second kappa shape index (κ2) is 9.76. The predicted molar refractivity (Wildman–Crippen MR) is 112 cm³/mol. The molecule has 2 aromatic rings. The van der Waals surface area contributed by atoms with Crippen LogP contribution in [0.15, 0.2) is 47.4 Å². The van der Waals surface area contributed by atoms with E-state index in [0.29, 0.717) is 17.4 Å². The summed E-state index contributed by atoms with van der Waals surface area (Å²) < 4.78 is 35.8. The number of hydrogen-bond donors (Lipinski definition) is 2. The molecule has 0 heterocycles. The number of carbonyl (C=O) groups excluding carboxylic acids is 1. The van der Waals surface area contributed by atoms with Crippen LogP contribution in [0.4, 0.5) is 0 Å². The van der Waals surface area contributed by atoms with Crippen molar-refractivity contribution in [2.75, 3.05) is 7.11 Å². The maximum atomic E-state index is 12.4. The third-order valence-electron chi connectivity index (χ3n) is 4.46. The summed E-state index contributed by atoms with van der Waals surface area (Å²) in [6.45, 7) is 7.91. The number of amides is 1. The average Bonchev–Trinajstić information content (AvgIpc) is 2.71. The first-order valence-electron chi connectivity index (χ1n) is 9.44. The van der Waals surface area contributed by atoms with Crippen molar-refractivity contribution in [1.82, 2.24) is 10.3 Å². The second-order valence-corrected chi connectivity index (χ2v) is 8.65. The van der Waals surface area contributed by atoms with Gasteiger partial charge in [0.25, 0.3) is 15.9 Å². The number of ether oxygens (including phenoxy) is 2. The van der Waals surface area contributed by atoms with Gasteiger partial charge in [0.2, 0.25) is 0 Å². The van der Waals surface area contributed by atoms with Crippen molar-refractivity contribution in [1.29, 1.82) is 0 Å². The largest absolute Gasteiger partial charge is 0.493 e. The molecule has 0 saturated carbocycles. The number of nitrogens with one attached hydrogen (secondary N) is 2. The maximum absolute atomic E-state index is 12.4. The van der Waals surface area contributed by atoms with Gasteiger partial charge >= 0.3 is 0 Å². The molecule has 1 amide bonds. The molecule has 0 unspecified atom stereocenters. The third kappa shape index (κ3) is 5.95. The minimum Gasteiger partial charge on any atom is -0.493 e. The topological polar surface area (TPSA) is 93.7 Å². The van der Waals surface area contributed by atoms with Gasteiger partial charge < -0.3 is 9.47 Å². The van der Waals surface area contributed by atoms with Gasteiger partial charge in [0, 0.05) is 5.56 Å². The van der Waals surface area contributed by atoms with E-state index < -0.39 is 15.9 Å². The highest BCUT2D eigenvalue weighted by Gasteiger charge is 2.17. The second-order valence-electron chi connectivity index (χ2n) is 6.97. The minimum atomic E-state index is -3.89. The van der Waals surface area contributed by atoms with Crippen molar-refractivity contribution < 1.29 is 22.7 Å². The van der Waals surface area contributed by atoms with Gasteiger partial charge in [0.05, 0.1) is 18.1 Å². The van der Waals surface area contributed by atoms with Crippen molar-refractivity contribution >= 4 is 15.9 Å². The van der Waals surface area contributed by atoms with E-state index >= 15 is 0 Å². The summed E-state index contributed by atoms with van der Waals surface area (Å²) in [5, 5.41) is 0. The monoisotopic (exact) mass is 420 g/mol. The standard InChI is InChI=1S/C21H28N2O5S/c1-6-15(4)16-7-10-18(11-8-16)29(25,26)23-22-21(24)17-9-12-19(28-14(2)3)20(13-17)27-5/h7-15,23H,6H2,1-5H3,(H,22,24)/t15-/m0/s1. The van der Waals surface area contributed by atoms with Crippen LogP contribution in [0.3, 0.4) is 0 Å². The summed E-state index contributed by atoms with van der Waals surface area (Å²) in [5.41, 5.74) is 3.52. The highest BCUT2D eigenvalue weighted by molar-refractivity contribution is 7.89. The molecule has 0 fully saturated rings. The fourth-order valence-corrected chi connectivity index (χ4v) is 3.46. The average molecular weight is 421 g/mol. The van der Waals surface area contributed by atoms with Crippen LogP contribution in [0.25, 0.3) is 0 Å². The van der Waals surface area contributed by atoms with Crippen molar-refractivity contribution in [2.45, 2.75) is 51.0 Å². The van der Waals surface area contributed by atoms with Gasteiger partial charge in [0.15, 0.2) is 11.5 Å². The fourth-order valence-electron chi connectivity index (χ4n) is 2.62. The zero-order valence-corrected chi connectivity index (χ0v) is 18.2. The zero-order chi connectivity index (χ0) is 21.6. The Morgan fingerprint density at radius 3 is 2.24 bits per heavy atom. The summed E-state index contributed by atoms with van der Waals surface area (Å²) in [5.74, 6) is 0.618. The Balaban J connectivity index is 2.09. The Bertz CT molecular complexity index is 940. The molecule has 2 rings (SSSR count). The van der Waals surface area contributed by atoms with Crippen molar-refractivity contribution in [3.8, 4) is 11.5 Å².